The van der Waals surface area contributed by atoms with E-state index >= 15 is 0 Å². The number of carbonyl (C=O) groups excluding carboxylic acids is 2. The first-order valence-corrected chi connectivity index (χ1v) is 14.8. The smallest absolute Gasteiger partial charge is 0.264 e. The number of sulfonamides is 1. The molecule has 0 spiro atoms. The Kier molecular flexibility index (Phi) is 10.4. The van der Waals surface area contributed by atoms with Gasteiger partial charge in [0, 0.05) is 23.1 Å². The molecule has 0 saturated carbocycles. The second-order valence-corrected chi connectivity index (χ2v) is 12.1. The van der Waals surface area contributed by atoms with Gasteiger partial charge in [-0.3, -0.25) is 13.9 Å². The molecule has 3 aromatic carbocycles. The zero-order valence-corrected chi connectivity index (χ0v) is 24.8. The number of hydrogen-bond donors (Lipinski definition) is 1. The summed E-state index contributed by atoms with van der Waals surface area (Å²) in [6, 6.07) is 17.3. The number of carbonyl (C=O) groups is 2. The average Bonchev–Trinajstić information content (AvgIpc) is 2.90. The van der Waals surface area contributed by atoms with Gasteiger partial charge in [-0.2, -0.15) is 0 Å². The minimum absolute atomic E-state index is 0.0349. The number of aryl methyl sites for hydroxylation is 2. The van der Waals surface area contributed by atoms with Crippen LogP contribution in [0, 0.1) is 13.8 Å². The minimum Gasteiger partial charge on any atom is -0.354 e. The highest BCUT2D eigenvalue weighted by atomic mass is 35.5. The lowest BCUT2D eigenvalue weighted by Gasteiger charge is -2.32. The normalized spacial score (nSPS) is 12.1. The molecule has 0 fully saturated rings. The maximum atomic E-state index is 13.9. The van der Waals surface area contributed by atoms with Crippen LogP contribution in [0.3, 0.4) is 0 Å². The van der Waals surface area contributed by atoms with Gasteiger partial charge in [-0.05, 0) is 74.7 Å². The predicted molar refractivity (Wildman–Crippen MR) is 157 cm³/mol. The van der Waals surface area contributed by atoms with Crippen LogP contribution in [0.25, 0.3) is 0 Å². The summed E-state index contributed by atoms with van der Waals surface area (Å²) < 4.78 is 28.8. The van der Waals surface area contributed by atoms with Crippen LogP contribution in [0.2, 0.25) is 10.0 Å². The summed E-state index contributed by atoms with van der Waals surface area (Å²) in [5.74, 6) is -0.889. The third-order valence-corrected chi connectivity index (χ3v) is 8.72. The number of amides is 2. The molecule has 10 heteroatoms. The number of nitrogens with zero attached hydrogens (tertiary/aromatic N) is 2. The highest BCUT2D eigenvalue weighted by Gasteiger charge is 2.32. The van der Waals surface area contributed by atoms with Crippen molar-refractivity contribution in [3.63, 3.8) is 0 Å². The lowest BCUT2D eigenvalue weighted by atomic mass is 10.1. The second-order valence-electron chi connectivity index (χ2n) is 9.38. The van der Waals surface area contributed by atoms with E-state index in [0.717, 1.165) is 21.9 Å². The van der Waals surface area contributed by atoms with Crippen LogP contribution in [0.15, 0.2) is 71.6 Å². The highest BCUT2D eigenvalue weighted by Crippen LogP contribution is 2.29. The Morgan fingerprint density at radius 2 is 1.67 bits per heavy atom. The number of benzene rings is 3. The van der Waals surface area contributed by atoms with Gasteiger partial charge in [0.25, 0.3) is 10.0 Å². The molecule has 3 aromatic rings. The van der Waals surface area contributed by atoms with Gasteiger partial charge in [0.2, 0.25) is 11.8 Å². The van der Waals surface area contributed by atoms with Crippen molar-refractivity contribution < 1.29 is 18.0 Å². The molecule has 0 saturated heterocycles. The molecule has 2 amide bonds. The second kappa shape index (κ2) is 13.3. The van der Waals surface area contributed by atoms with Gasteiger partial charge in [0.05, 0.1) is 10.6 Å². The van der Waals surface area contributed by atoms with E-state index in [1.54, 1.807) is 62.4 Å². The van der Waals surface area contributed by atoms with E-state index in [1.165, 1.54) is 23.1 Å². The van der Waals surface area contributed by atoms with Gasteiger partial charge < -0.3 is 10.2 Å². The molecule has 0 aliphatic heterocycles. The first-order chi connectivity index (χ1) is 18.4. The third-order valence-electron chi connectivity index (χ3n) is 6.29. The van der Waals surface area contributed by atoms with Gasteiger partial charge in [0.1, 0.15) is 12.6 Å². The third kappa shape index (κ3) is 7.75. The van der Waals surface area contributed by atoms with Crippen molar-refractivity contribution in [1.29, 1.82) is 0 Å². The molecule has 0 unspecified atom stereocenters. The zero-order chi connectivity index (χ0) is 28.7. The van der Waals surface area contributed by atoms with Crippen LogP contribution in [0.4, 0.5) is 5.69 Å². The fourth-order valence-electron chi connectivity index (χ4n) is 3.91. The SMILES string of the molecule is CCCNC(=O)[C@H](C)N(Cc1cccc(Cl)c1)C(=O)CN(c1ccc(C)c(Cl)c1)S(=O)(=O)c1ccc(C)cc1. The molecule has 0 aliphatic rings. The average molecular weight is 591 g/mol. The molecule has 3 rings (SSSR count). The molecule has 0 heterocycles. The monoisotopic (exact) mass is 589 g/mol. The van der Waals surface area contributed by atoms with E-state index < -0.39 is 28.5 Å². The van der Waals surface area contributed by atoms with Crippen molar-refractivity contribution in [2.75, 3.05) is 17.4 Å². The summed E-state index contributed by atoms with van der Waals surface area (Å²) in [5.41, 5.74) is 2.61. The first-order valence-electron chi connectivity index (χ1n) is 12.6. The summed E-state index contributed by atoms with van der Waals surface area (Å²) in [5, 5.41) is 3.67. The molecule has 0 bridgehead atoms. The fraction of sp³-hybridized carbons (Fsp3) is 0.310. The molecular formula is C29H33Cl2N3O4S. The number of rotatable bonds is 11. The summed E-state index contributed by atoms with van der Waals surface area (Å²) in [4.78, 5) is 28.2. The fourth-order valence-corrected chi connectivity index (χ4v) is 5.71. The number of nitrogens with one attached hydrogen (secondary N) is 1. The number of hydrogen-bond acceptors (Lipinski definition) is 4. The Morgan fingerprint density at radius 3 is 2.28 bits per heavy atom. The molecule has 1 atom stereocenters. The Labute approximate surface area is 240 Å². The standard InChI is InChI=1S/C29H33Cl2N3O4S/c1-5-15-32-29(36)22(4)33(18-23-7-6-8-24(30)16-23)28(35)19-34(25-12-11-21(3)27(31)17-25)39(37,38)26-13-9-20(2)10-14-26/h6-14,16-17,22H,5,15,18-19H2,1-4H3,(H,32,36)/t22-/m0/s1. The van der Waals surface area contributed by atoms with E-state index in [9.17, 15) is 18.0 Å². The molecule has 0 aliphatic carbocycles. The Bertz CT molecular complexity index is 1430. The van der Waals surface area contributed by atoms with Crippen molar-refractivity contribution in [1.82, 2.24) is 10.2 Å². The van der Waals surface area contributed by atoms with Crippen molar-refractivity contribution in [3.05, 3.63) is 93.5 Å². The van der Waals surface area contributed by atoms with Crippen molar-refractivity contribution in [2.24, 2.45) is 0 Å². The molecule has 7 nitrogen and oxygen atoms in total. The lowest BCUT2D eigenvalue weighted by Crippen LogP contribution is -2.51. The molecule has 0 aromatic heterocycles. The van der Waals surface area contributed by atoms with Gasteiger partial charge in [0.15, 0.2) is 0 Å². The van der Waals surface area contributed by atoms with Crippen LogP contribution in [0.1, 0.15) is 37.0 Å². The van der Waals surface area contributed by atoms with Gasteiger partial charge in [-0.15, -0.1) is 0 Å². The van der Waals surface area contributed by atoms with Crippen molar-refractivity contribution in [2.45, 2.75) is 51.6 Å². The summed E-state index contributed by atoms with van der Waals surface area (Å²) in [6.07, 6.45) is 0.734. The Balaban J connectivity index is 2.04. The lowest BCUT2D eigenvalue weighted by molar-refractivity contribution is -0.139. The van der Waals surface area contributed by atoms with E-state index in [0.29, 0.717) is 22.2 Å². The molecule has 0 radical (unpaired) electrons. The maximum Gasteiger partial charge on any atom is 0.264 e. The molecular weight excluding hydrogens is 557 g/mol. The van der Waals surface area contributed by atoms with Gasteiger partial charge in [-0.1, -0.05) is 66.0 Å². The largest absolute Gasteiger partial charge is 0.354 e. The number of halogens is 2. The van der Waals surface area contributed by atoms with Crippen LogP contribution >= 0.6 is 23.2 Å². The first kappa shape index (κ1) is 30.5. The quantitative estimate of drug-likeness (QED) is 0.308. The summed E-state index contributed by atoms with van der Waals surface area (Å²) in [7, 11) is -4.16. The predicted octanol–water partition coefficient (Wildman–Crippen LogP) is 5.75. The van der Waals surface area contributed by atoms with Gasteiger partial charge >= 0.3 is 0 Å². The van der Waals surface area contributed by atoms with Crippen LogP contribution in [-0.4, -0.2) is 44.3 Å². The van der Waals surface area contributed by atoms with E-state index in [4.69, 9.17) is 23.2 Å². The highest BCUT2D eigenvalue weighted by molar-refractivity contribution is 7.92. The van der Waals surface area contributed by atoms with Crippen molar-refractivity contribution in [3.8, 4) is 0 Å². The minimum atomic E-state index is -4.16. The summed E-state index contributed by atoms with van der Waals surface area (Å²) >= 11 is 12.5. The summed E-state index contributed by atoms with van der Waals surface area (Å²) in [6.45, 7) is 7.19. The zero-order valence-electron chi connectivity index (χ0n) is 22.4. The van der Waals surface area contributed by atoms with Crippen LogP contribution < -0.4 is 9.62 Å². The van der Waals surface area contributed by atoms with Gasteiger partial charge in [-0.25, -0.2) is 8.42 Å². The maximum absolute atomic E-state index is 13.9. The molecule has 1 N–H and O–H groups in total. The Morgan fingerprint density at radius 1 is 0.974 bits per heavy atom. The topological polar surface area (TPSA) is 86.8 Å². The Hall–Kier alpha value is -3.07. The van der Waals surface area contributed by atoms with Crippen molar-refractivity contribution >= 4 is 50.7 Å². The molecule has 39 heavy (non-hydrogen) atoms. The van der Waals surface area contributed by atoms with E-state index in [1.807, 2.05) is 13.8 Å². The van der Waals surface area contributed by atoms with Crippen LogP contribution in [0.5, 0.6) is 0 Å². The molecule has 208 valence electrons. The van der Waals surface area contributed by atoms with Crippen LogP contribution in [-0.2, 0) is 26.2 Å². The van der Waals surface area contributed by atoms with E-state index in [2.05, 4.69) is 5.32 Å². The number of anilines is 1. The van der Waals surface area contributed by atoms with E-state index in [-0.39, 0.29) is 23.0 Å².